The van der Waals surface area contributed by atoms with Crippen LogP contribution < -0.4 is 10.9 Å². The fourth-order valence-electron chi connectivity index (χ4n) is 4.76. The number of para-hydroxylation sites is 2. The molecule has 0 unspecified atom stereocenters. The molecule has 1 amide bonds. The van der Waals surface area contributed by atoms with Crippen LogP contribution in [0.25, 0.3) is 33.3 Å². The van der Waals surface area contributed by atoms with Gasteiger partial charge in [0.15, 0.2) is 5.82 Å². The topological polar surface area (TPSA) is 81.8 Å². The smallest absolute Gasteiger partial charge is 0.261 e. The van der Waals surface area contributed by atoms with E-state index in [1.807, 2.05) is 66.1 Å². The highest BCUT2D eigenvalue weighted by molar-refractivity contribution is 5.96. The van der Waals surface area contributed by atoms with Gasteiger partial charge in [0.25, 0.3) is 5.56 Å². The molecule has 33 heavy (non-hydrogen) atoms. The van der Waals surface area contributed by atoms with Crippen molar-refractivity contribution in [2.75, 3.05) is 5.32 Å². The van der Waals surface area contributed by atoms with E-state index in [-0.39, 0.29) is 18.0 Å². The average Bonchev–Trinajstić information content (AvgIpc) is 3.13. The highest BCUT2D eigenvalue weighted by atomic mass is 16.2. The highest BCUT2D eigenvalue weighted by Crippen LogP contribution is 2.36. The van der Waals surface area contributed by atoms with Crippen LogP contribution in [0.5, 0.6) is 0 Å². The van der Waals surface area contributed by atoms with Gasteiger partial charge in [0, 0.05) is 23.6 Å². The number of carbonyl (C=O) groups is 1. The second-order valence-corrected chi connectivity index (χ2v) is 8.36. The number of nitrogens with zero attached hydrogens (tertiary/aromatic N) is 4. The second kappa shape index (κ2) is 7.41. The summed E-state index contributed by atoms with van der Waals surface area (Å²) in [7, 11) is 0. The Morgan fingerprint density at radius 1 is 1.06 bits per heavy atom. The quantitative estimate of drug-likeness (QED) is 0.466. The van der Waals surface area contributed by atoms with E-state index in [2.05, 4.69) is 16.4 Å². The van der Waals surface area contributed by atoms with Crippen molar-refractivity contribution in [3.8, 4) is 11.5 Å². The molecule has 7 heteroatoms. The van der Waals surface area contributed by atoms with E-state index in [0.29, 0.717) is 35.5 Å². The summed E-state index contributed by atoms with van der Waals surface area (Å²) in [5, 5.41) is 4.59. The van der Waals surface area contributed by atoms with Gasteiger partial charge in [-0.3, -0.25) is 14.2 Å². The molecule has 1 aliphatic rings. The number of fused-ring (bicyclic) bond motifs is 6. The Hall–Kier alpha value is -4.26. The minimum atomic E-state index is -0.183. The van der Waals surface area contributed by atoms with Gasteiger partial charge in [-0.1, -0.05) is 30.3 Å². The van der Waals surface area contributed by atoms with Crippen LogP contribution in [-0.4, -0.2) is 25.0 Å². The number of anilines is 1. The number of pyridine rings is 1. The largest absolute Gasteiger partial charge is 0.328 e. The van der Waals surface area contributed by atoms with E-state index >= 15 is 0 Å². The van der Waals surface area contributed by atoms with E-state index in [0.717, 1.165) is 27.7 Å². The van der Waals surface area contributed by atoms with E-state index in [4.69, 9.17) is 4.98 Å². The molecule has 162 valence electrons. The summed E-state index contributed by atoms with van der Waals surface area (Å²) in [6.45, 7) is 2.61. The molecule has 4 heterocycles. The average molecular weight is 435 g/mol. The van der Waals surface area contributed by atoms with Gasteiger partial charge in [0.1, 0.15) is 12.4 Å². The molecule has 0 saturated carbocycles. The van der Waals surface area contributed by atoms with Crippen LogP contribution in [-0.2, 0) is 24.3 Å². The molecule has 6 rings (SSSR count). The van der Waals surface area contributed by atoms with Crippen LogP contribution in [0.2, 0.25) is 0 Å². The first kappa shape index (κ1) is 19.4. The third kappa shape index (κ3) is 3.12. The molecule has 0 spiro atoms. The lowest BCUT2D eigenvalue weighted by molar-refractivity contribution is -0.116. The summed E-state index contributed by atoms with van der Waals surface area (Å²) in [4.78, 5) is 35.4. The van der Waals surface area contributed by atoms with Crippen molar-refractivity contribution in [2.45, 2.75) is 26.4 Å². The summed E-state index contributed by atoms with van der Waals surface area (Å²) in [6, 6.07) is 19.2. The maximum atomic E-state index is 13.2. The van der Waals surface area contributed by atoms with E-state index < -0.39 is 0 Å². The first-order chi connectivity index (χ1) is 16.1. The maximum absolute atomic E-state index is 13.2. The van der Waals surface area contributed by atoms with Crippen molar-refractivity contribution >= 4 is 33.5 Å². The van der Waals surface area contributed by atoms with Gasteiger partial charge >= 0.3 is 0 Å². The number of hydrogen-bond acceptors (Lipinski definition) is 4. The summed E-state index contributed by atoms with van der Waals surface area (Å²) in [6.07, 6.45) is 2.38. The standard InChI is InChI=1S/C26H21N5O2/c1-16-10-12-27-22(14-16)29-23(32)15-31-21-9-5-3-6-17(21)18-11-13-30-25(24(18)31)28-20-8-4-2-7-19(20)26(30)33/h2-10,12,14H,11,13,15H2,1H3,(H,27,29,32). The molecule has 1 N–H and O–H groups in total. The van der Waals surface area contributed by atoms with Crippen molar-refractivity contribution in [3.05, 3.63) is 88.3 Å². The zero-order valence-corrected chi connectivity index (χ0v) is 18.1. The third-order valence-electron chi connectivity index (χ3n) is 6.22. The van der Waals surface area contributed by atoms with Gasteiger partial charge in [0.05, 0.1) is 16.6 Å². The zero-order chi connectivity index (χ0) is 22.5. The molecular weight excluding hydrogens is 414 g/mol. The fraction of sp³-hybridized carbons (Fsp3) is 0.154. The van der Waals surface area contributed by atoms with Crippen molar-refractivity contribution in [2.24, 2.45) is 0 Å². The maximum Gasteiger partial charge on any atom is 0.261 e. The Balaban J connectivity index is 1.52. The molecule has 3 aromatic heterocycles. The normalized spacial score (nSPS) is 12.5. The van der Waals surface area contributed by atoms with Gasteiger partial charge in [-0.2, -0.15) is 0 Å². The molecule has 7 nitrogen and oxygen atoms in total. The number of hydrogen-bond donors (Lipinski definition) is 1. The zero-order valence-electron chi connectivity index (χ0n) is 18.1. The van der Waals surface area contributed by atoms with Gasteiger partial charge < -0.3 is 9.88 Å². The highest BCUT2D eigenvalue weighted by Gasteiger charge is 2.28. The van der Waals surface area contributed by atoms with Crippen LogP contribution >= 0.6 is 0 Å². The number of benzene rings is 2. The molecular formula is C26H21N5O2. The molecule has 5 aromatic rings. The Labute approximate surface area is 189 Å². The lowest BCUT2D eigenvalue weighted by atomic mass is 10.0. The summed E-state index contributed by atoms with van der Waals surface area (Å²) < 4.78 is 3.71. The lowest BCUT2D eigenvalue weighted by Gasteiger charge is -2.21. The summed E-state index contributed by atoms with van der Waals surface area (Å²) in [5.41, 5.74) is 4.53. The molecule has 2 aromatic carbocycles. The lowest BCUT2D eigenvalue weighted by Crippen LogP contribution is -2.29. The molecule has 0 saturated heterocycles. The molecule has 0 fully saturated rings. The van der Waals surface area contributed by atoms with E-state index in [1.54, 1.807) is 10.8 Å². The number of aryl methyl sites for hydroxylation is 2. The molecule has 1 aliphatic heterocycles. The monoisotopic (exact) mass is 435 g/mol. The van der Waals surface area contributed by atoms with Gasteiger partial charge in [0.2, 0.25) is 5.91 Å². The number of aromatic nitrogens is 4. The second-order valence-electron chi connectivity index (χ2n) is 8.36. The molecule has 0 bridgehead atoms. The number of rotatable bonds is 3. The predicted octanol–water partition coefficient (Wildman–Crippen LogP) is 3.92. The molecule has 0 radical (unpaired) electrons. The van der Waals surface area contributed by atoms with E-state index in [1.165, 1.54) is 0 Å². The van der Waals surface area contributed by atoms with Crippen LogP contribution in [0, 0.1) is 6.92 Å². The Morgan fingerprint density at radius 3 is 2.70 bits per heavy atom. The fourth-order valence-corrected chi connectivity index (χ4v) is 4.76. The molecule has 0 aliphatic carbocycles. The summed E-state index contributed by atoms with van der Waals surface area (Å²) in [5.74, 6) is 0.945. The van der Waals surface area contributed by atoms with Crippen LogP contribution in [0.3, 0.4) is 0 Å². The molecule has 0 atom stereocenters. The van der Waals surface area contributed by atoms with Crippen molar-refractivity contribution < 1.29 is 4.79 Å². The Morgan fingerprint density at radius 2 is 1.85 bits per heavy atom. The Kier molecular flexibility index (Phi) is 4.36. The van der Waals surface area contributed by atoms with Crippen molar-refractivity contribution in [3.63, 3.8) is 0 Å². The van der Waals surface area contributed by atoms with Crippen molar-refractivity contribution in [1.29, 1.82) is 0 Å². The third-order valence-corrected chi connectivity index (χ3v) is 6.22. The van der Waals surface area contributed by atoms with Gasteiger partial charge in [-0.15, -0.1) is 0 Å². The number of nitrogens with one attached hydrogen (secondary N) is 1. The van der Waals surface area contributed by atoms with Crippen LogP contribution in [0.15, 0.2) is 71.7 Å². The minimum Gasteiger partial charge on any atom is -0.328 e. The first-order valence-corrected chi connectivity index (χ1v) is 10.9. The first-order valence-electron chi connectivity index (χ1n) is 10.9. The number of amides is 1. The number of carbonyl (C=O) groups excluding carboxylic acids is 1. The summed E-state index contributed by atoms with van der Waals surface area (Å²) >= 11 is 0. The van der Waals surface area contributed by atoms with Crippen LogP contribution in [0.4, 0.5) is 5.82 Å². The van der Waals surface area contributed by atoms with Crippen LogP contribution in [0.1, 0.15) is 11.1 Å². The van der Waals surface area contributed by atoms with Gasteiger partial charge in [-0.25, -0.2) is 9.97 Å². The van der Waals surface area contributed by atoms with Crippen molar-refractivity contribution in [1.82, 2.24) is 19.1 Å². The SMILES string of the molecule is Cc1ccnc(NC(=O)Cn2c3c(c4ccccc42)CCn2c-3nc3ccccc3c2=O)c1. The van der Waals surface area contributed by atoms with Gasteiger partial charge in [-0.05, 0) is 54.8 Å². The Bertz CT molecular complexity index is 1630. The predicted molar refractivity (Wildman–Crippen MR) is 128 cm³/mol. The minimum absolute atomic E-state index is 0.0496. The van der Waals surface area contributed by atoms with E-state index in [9.17, 15) is 9.59 Å².